The second-order valence-electron chi connectivity index (χ2n) is 4.65. The van der Waals surface area contributed by atoms with Crippen LogP contribution in [0.4, 0.5) is 0 Å². The fourth-order valence-corrected chi connectivity index (χ4v) is 2.62. The molecule has 5 unspecified atom stereocenters. The number of hydrogen-bond acceptors (Lipinski definition) is 1. The molecule has 1 fully saturated rings. The molecule has 18 heavy (non-hydrogen) atoms. The lowest BCUT2D eigenvalue weighted by molar-refractivity contribution is 0.102. The molecule has 0 bridgehead atoms. The minimum atomic E-state index is 0.446. The molecule has 110 valence electrons. The molecule has 0 aromatic heterocycles. The summed E-state index contributed by atoms with van der Waals surface area (Å²) in [6, 6.07) is 0.446. The van der Waals surface area contributed by atoms with Crippen molar-refractivity contribution < 1.29 is 0 Å². The zero-order valence-corrected chi connectivity index (χ0v) is 14.0. The van der Waals surface area contributed by atoms with Gasteiger partial charge in [-0.25, -0.2) is 0 Å². The van der Waals surface area contributed by atoms with Crippen LogP contribution in [0.25, 0.3) is 0 Å². The van der Waals surface area contributed by atoms with Crippen molar-refractivity contribution in [1.29, 1.82) is 0 Å². The maximum absolute atomic E-state index is 6.10. The maximum atomic E-state index is 6.10. The average molecular weight is 255 g/mol. The van der Waals surface area contributed by atoms with E-state index in [4.69, 9.17) is 5.73 Å². The van der Waals surface area contributed by atoms with Gasteiger partial charge in [0.15, 0.2) is 0 Å². The molecule has 1 aliphatic carbocycles. The smallest absolute Gasteiger partial charge is 0.00699 e. The molecule has 2 N–H and O–H groups in total. The predicted octanol–water partition coefficient (Wildman–Crippen LogP) is 4.95. The Morgan fingerprint density at radius 2 is 1.28 bits per heavy atom. The minimum Gasteiger partial charge on any atom is -0.327 e. The first-order valence-electron chi connectivity index (χ1n) is 7.66. The Morgan fingerprint density at radius 3 is 1.61 bits per heavy atom. The first-order valence-corrected chi connectivity index (χ1v) is 7.66. The van der Waals surface area contributed by atoms with Gasteiger partial charge in [0.25, 0.3) is 0 Å². The van der Waals surface area contributed by atoms with Crippen molar-refractivity contribution >= 4 is 0 Å². The van der Waals surface area contributed by atoms with Crippen LogP contribution < -0.4 is 5.73 Å². The van der Waals surface area contributed by atoms with E-state index in [9.17, 15) is 0 Å². The summed E-state index contributed by atoms with van der Waals surface area (Å²) in [7, 11) is 0. The summed E-state index contributed by atoms with van der Waals surface area (Å²) in [5, 5.41) is 0. The Morgan fingerprint density at radius 1 is 0.889 bits per heavy atom. The molecule has 0 aliphatic heterocycles. The normalized spacial score (nSPS) is 33.6. The molecule has 5 atom stereocenters. The number of nitrogens with two attached hydrogens (primary N) is 1. The van der Waals surface area contributed by atoms with E-state index in [1.807, 2.05) is 27.7 Å². The summed E-state index contributed by atoms with van der Waals surface area (Å²) in [6.45, 7) is 17.3. The van der Waals surface area contributed by atoms with Crippen molar-refractivity contribution in [3.63, 3.8) is 0 Å². The zero-order chi connectivity index (χ0) is 15.3. The van der Waals surface area contributed by atoms with Gasteiger partial charge < -0.3 is 5.73 Å². The van der Waals surface area contributed by atoms with Crippen LogP contribution in [0.15, 0.2) is 0 Å². The van der Waals surface area contributed by atoms with E-state index in [1.54, 1.807) is 0 Å². The van der Waals surface area contributed by atoms with Crippen LogP contribution in [0.1, 0.15) is 68.2 Å². The van der Waals surface area contributed by atoms with Crippen molar-refractivity contribution in [2.45, 2.75) is 74.3 Å². The van der Waals surface area contributed by atoms with Gasteiger partial charge in [-0.3, -0.25) is 0 Å². The van der Waals surface area contributed by atoms with Crippen LogP contribution in [-0.4, -0.2) is 6.04 Å². The Hall–Kier alpha value is -0.480. The van der Waals surface area contributed by atoms with Crippen LogP contribution in [0.5, 0.6) is 0 Å². The van der Waals surface area contributed by atoms with Gasteiger partial charge in [0, 0.05) is 6.04 Å². The third-order valence-electron chi connectivity index (χ3n) is 4.18. The number of rotatable bonds is 1. The topological polar surface area (TPSA) is 26.0 Å². The van der Waals surface area contributed by atoms with Gasteiger partial charge in [0.2, 0.25) is 0 Å². The Bertz CT molecular complexity index is 169. The predicted molar refractivity (Wildman–Crippen MR) is 86.5 cm³/mol. The average Bonchev–Trinajstić information content (AvgIpc) is 2.47. The third kappa shape index (κ3) is 7.07. The Balaban J connectivity index is -0.000000328. The second-order valence-corrected chi connectivity index (χ2v) is 4.65. The lowest BCUT2D eigenvalue weighted by Gasteiger charge is -2.42. The Kier molecular flexibility index (Phi) is 18.4. The van der Waals surface area contributed by atoms with Crippen molar-refractivity contribution in [1.82, 2.24) is 0 Å². The van der Waals surface area contributed by atoms with Crippen molar-refractivity contribution in [3.8, 4) is 12.8 Å². The fraction of sp³-hybridized carbons (Fsp3) is 0.882. The largest absolute Gasteiger partial charge is 0.327 e. The molecule has 0 amide bonds. The maximum Gasteiger partial charge on any atom is 0.00699 e. The highest BCUT2D eigenvalue weighted by Gasteiger charge is 2.35. The van der Waals surface area contributed by atoms with E-state index in [0.717, 1.165) is 17.8 Å². The Labute approximate surface area is 117 Å². The lowest BCUT2D eigenvalue weighted by atomic mass is 9.66. The molecule has 0 heterocycles. The highest BCUT2D eigenvalue weighted by atomic mass is 14.7. The third-order valence-corrected chi connectivity index (χ3v) is 4.18. The molecule has 1 rings (SSSR count). The molecular weight excluding hydrogens is 218 g/mol. The van der Waals surface area contributed by atoms with E-state index >= 15 is 0 Å². The monoisotopic (exact) mass is 255 g/mol. The van der Waals surface area contributed by atoms with Gasteiger partial charge in [-0.15, -0.1) is 12.8 Å². The standard InChI is InChI=1S/C11H23N.2C2H6.C2H2/c1-5-10-6-11(12)9(4)7(2)8(10)3;3*1-2/h7-11H,5-6,12H2,1-4H3;2*1-2H3;1-2H. The lowest BCUT2D eigenvalue weighted by Crippen LogP contribution is -2.43. The summed E-state index contributed by atoms with van der Waals surface area (Å²) in [5.74, 6) is 3.25. The highest BCUT2D eigenvalue weighted by Crippen LogP contribution is 2.38. The van der Waals surface area contributed by atoms with Gasteiger partial charge >= 0.3 is 0 Å². The number of hydrogen-bond donors (Lipinski definition) is 1. The molecule has 1 heteroatoms. The first kappa shape index (κ1) is 22.7. The molecular formula is C17H37N. The SMILES string of the molecule is C#C.CC.CC.CCC1CC(N)C(C)C(C)C1C. The summed E-state index contributed by atoms with van der Waals surface area (Å²) in [6.07, 6.45) is 10.5. The highest BCUT2D eigenvalue weighted by molar-refractivity contribution is 4.87. The van der Waals surface area contributed by atoms with E-state index < -0.39 is 0 Å². The van der Waals surface area contributed by atoms with Gasteiger partial charge in [0.05, 0.1) is 0 Å². The summed E-state index contributed by atoms with van der Waals surface area (Å²) >= 11 is 0. The van der Waals surface area contributed by atoms with Crippen LogP contribution in [0.2, 0.25) is 0 Å². The van der Waals surface area contributed by atoms with E-state index in [1.165, 1.54) is 12.8 Å². The van der Waals surface area contributed by atoms with Gasteiger partial charge in [0.1, 0.15) is 0 Å². The molecule has 0 saturated heterocycles. The summed E-state index contributed by atoms with van der Waals surface area (Å²) in [5.41, 5.74) is 6.10. The van der Waals surface area contributed by atoms with Crippen molar-refractivity contribution in [2.75, 3.05) is 0 Å². The molecule has 0 spiro atoms. The van der Waals surface area contributed by atoms with Crippen LogP contribution >= 0.6 is 0 Å². The van der Waals surface area contributed by atoms with E-state index in [2.05, 4.69) is 40.5 Å². The van der Waals surface area contributed by atoms with Crippen molar-refractivity contribution in [2.24, 2.45) is 29.4 Å². The van der Waals surface area contributed by atoms with E-state index in [-0.39, 0.29) is 0 Å². The molecule has 1 aliphatic rings. The van der Waals surface area contributed by atoms with Crippen LogP contribution in [-0.2, 0) is 0 Å². The number of terminal acetylenes is 1. The minimum absolute atomic E-state index is 0.446. The summed E-state index contributed by atoms with van der Waals surface area (Å²) < 4.78 is 0. The molecule has 0 aromatic carbocycles. The van der Waals surface area contributed by atoms with E-state index in [0.29, 0.717) is 12.0 Å². The quantitative estimate of drug-likeness (QED) is 0.659. The molecule has 0 aromatic rings. The van der Waals surface area contributed by atoms with Gasteiger partial charge in [-0.1, -0.05) is 61.8 Å². The van der Waals surface area contributed by atoms with Crippen LogP contribution in [0, 0.1) is 36.5 Å². The van der Waals surface area contributed by atoms with Crippen LogP contribution in [0.3, 0.4) is 0 Å². The first-order chi connectivity index (χ1) is 8.57. The van der Waals surface area contributed by atoms with Gasteiger partial charge in [-0.2, -0.15) is 0 Å². The summed E-state index contributed by atoms with van der Waals surface area (Å²) in [4.78, 5) is 0. The zero-order valence-electron chi connectivity index (χ0n) is 14.0. The van der Waals surface area contributed by atoms with Gasteiger partial charge in [-0.05, 0) is 30.1 Å². The van der Waals surface area contributed by atoms with Crippen molar-refractivity contribution in [3.05, 3.63) is 0 Å². The molecule has 1 saturated carbocycles. The second kappa shape index (κ2) is 14.6. The molecule has 0 radical (unpaired) electrons. The molecule has 1 nitrogen and oxygen atoms in total. The fourth-order valence-electron chi connectivity index (χ4n) is 2.62.